The molecule has 0 bridgehead atoms. The second-order valence-electron chi connectivity index (χ2n) is 4.72. The van der Waals surface area contributed by atoms with E-state index < -0.39 is 0 Å². The third-order valence-electron chi connectivity index (χ3n) is 3.28. The Morgan fingerprint density at radius 3 is 2.55 bits per heavy atom. The van der Waals surface area contributed by atoms with Crippen molar-refractivity contribution in [2.45, 2.75) is 13.0 Å². The molecular weight excluding hydrogens is 250 g/mol. The van der Waals surface area contributed by atoms with Gasteiger partial charge in [-0.1, -0.05) is 24.3 Å². The van der Waals surface area contributed by atoms with E-state index in [1.807, 2.05) is 25.2 Å². The molecule has 0 saturated carbocycles. The Hall–Kier alpha value is -2.36. The van der Waals surface area contributed by atoms with Crippen LogP contribution in [0.25, 0.3) is 0 Å². The number of hydrogen-bond donors (Lipinski definition) is 1. The van der Waals surface area contributed by atoms with E-state index in [0.29, 0.717) is 12.2 Å². The molecule has 4 nitrogen and oxygen atoms in total. The predicted octanol–water partition coefficient (Wildman–Crippen LogP) is 2.34. The Balaban J connectivity index is 1.89. The first-order valence-electron chi connectivity index (χ1n) is 6.65. The number of para-hydroxylation sites is 1. The number of hydrogen-bond acceptors (Lipinski definition) is 3. The Bertz CT molecular complexity index is 542. The van der Waals surface area contributed by atoms with Crippen LogP contribution >= 0.6 is 0 Å². The molecule has 0 aliphatic rings. The Labute approximate surface area is 119 Å². The number of likely N-dealkylation sites (N-methyl/N-ethyl adjacent to an activating group) is 1. The summed E-state index contributed by atoms with van der Waals surface area (Å²) in [5, 5.41) is 2.91. The maximum absolute atomic E-state index is 11.9. The third kappa shape index (κ3) is 3.57. The van der Waals surface area contributed by atoms with Gasteiger partial charge in [0, 0.05) is 31.5 Å². The number of nitrogens with zero attached hydrogens (tertiary/aromatic N) is 2. The number of nitrogens with one attached hydrogen (secondary N) is 1. The molecule has 1 atom stereocenters. The molecule has 1 aromatic heterocycles. The summed E-state index contributed by atoms with van der Waals surface area (Å²) in [5.41, 5.74) is 1.58. The number of carbonyl (C=O) groups is 1. The van der Waals surface area contributed by atoms with Gasteiger partial charge in [-0.15, -0.1) is 0 Å². The molecule has 0 aliphatic heterocycles. The zero-order chi connectivity index (χ0) is 14.4. The van der Waals surface area contributed by atoms with Crippen molar-refractivity contribution in [1.82, 2.24) is 10.3 Å². The lowest BCUT2D eigenvalue weighted by molar-refractivity contribution is 0.0946. The van der Waals surface area contributed by atoms with E-state index in [-0.39, 0.29) is 11.9 Å². The highest BCUT2D eigenvalue weighted by Gasteiger charge is 2.12. The van der Waals surface area contributed by atoms with Gasteiger partial charge in [-0.25, -0.2) is 0 Å². The molecule has 2 rings (SSSR count). The Morgan fingerprint density at radius 2 is 1.90 bits per heavy atom. The van der Waals surface area contributed by atoms with Crippen LogP contribution in [0.2, 0.25) is 0 Å². The molecule has 1 heterocycles. The van der Waals surface area contributed by atoms with Gasteiger partial charge in [0.05, 0.1) is 0 Å². The molecule has 0 saturated heterocycles. The highest BCUT2D eigenvalue weighted by Crippen LogP contribution is 2.13. The Kier molecular flexibility index (Phi) is 4.71. The van der Waals surface area contributed by atoms with Crippen LogP contribution in [0.1, 0.15) is 17.4 Å². The Morgan fingerprint density at radius 1 is 1.20 bits per heavy atom. The van der Waals surface area contributed by atoms with Crippen molar-refractivity contribution in [3.05, 3.63) is 60.4 Å². The molecule has 2 aromatic rings. The summed E-state index contributed by atoms with van der Waals surface area (Å²) in [4.78, 5) is 18.1. The molecule has 1 aromatic carbocycles. The van der Waals surface area contributed by atoms with E-state index in [1.165, 1.54) is 0 Å². The maximum atomic E-state index is 11.9. The first kappa shape index (κ1) is 14.1. The number of amides is 1. The highest BCUT2D eigenvalue weighted by atomic mass is 16.1. The fourth-order valence-electron chi connectivity index (χ4n) is 1.88. The number of rotatable bonds is 5. The summed E-state index contributed by atoms with van der Waals surface area (Å²) in [6.07, 6.45) is 1.62. The quantitative estimate of drug-likeness (QED) is 0.906. The minimum atomic E-state index is -0.140. The second-order valence-corrected chi connectivity index (χ2v) is 4.72. The van der Waals surface area contributed by atoms with Crippen molar-refractivity contribution in [3.8, 4) is 0 Å². The van der Waals surface area contributed by atoms with Crippen LogP contribution in [0.15, 0.2) is 54.7 Å². The smallest absolute Gasteiger partial charge is 0.269 e. The summed E-state index contributed by atoms with van der Waals surface area (Å²) >= 11 is 0. The standard InChI is InChI=1S/C16H19N3O/c1-13(19(2)14-8-4-3-5-9-14)12-18-16(20)15-10-6-7-11-17-15/h3-11,13H,12H2,1-2H3,(H,18,20)/t13-/m0/s1. The van der Waals surface area contributed by atoms with Crippen molar-refractivity contribution in [2.75, 3.05) is 18.5 Å². The number of anilines is 1. The lowest BCUT2D eigenvalue weighted by Crippen LogP contribution is -2.40. The van der Waals surface area contributed by atoms with Gasteiger partial charge in [-0.05, 0) is 31.2 Å². The number of pyridine rings is 1. The van der Waals surface area contributed by atoms with Gasteiger partial charge in [-0.2, -0.15) is 0 Å². The topological polar surface area (TPSA) is 45.2 Å². The first-order valence-corrected chi connectivity index (χ1v) is 6.65. The van der Waals surface area contributed by atoms with Gasteiger partial charge >= 0.3 is 0 Å². The van der Waals surface area contributed by atoms with Crippen LogP contribution in [0.4, 0.5) is 5.69 Å². The number of benzene rings is 1. The minimum Gasteiger partial charge on any atom is -0.370 e. The van der Waals surface area contributed by atoms with E-state index in [2.05, 4.69) is 34.3 Å². The highest BCUT2D eigenvalue weighted by molar-refractivity contribution is 5.92. The normalized spacial score (nSPS) is 11.7. The van der Waals surface area contributed by atoms with Crippen LogP contribution in [0.3, 0.4) is 0 Å². The molecule has 104 valence electrons. The molecule has 0 spiro atoms. The largest absolute Gasteiger partial charge is 0.370 e. The third-order valence-corrected chi connectivity index (χ3v) is 3.28. The average Bonchev–Trinajstić information content (AvgIpc) is 2.53. The molecule has 20 heavy (non-hydrogen) atoms. The molecular formula is C16H19N3O. The number of carbonyl (C=O) groups excluding carboxylic acids is 1. The van der Waals surface area contributed by atoms with Gasteiger partial charge in [0.1, 0.15) is 5.69 Å². The van der Waals surface area contributed by atoms with Crippen LogP contribution in [0, 0.1) is 0 Å². The van der Waals surface area contributed by atoms with E-state index in [4.69, 9.17) is 0 Å². The summed E-state index contributed by atoms with van der Waals surface area (Å²) in [7, 11) is 2.02. The second kappa shape index (κ2) is 6.70. The fourth-order valence-corrected chi connectivity index (χ4v) is 1.88. The summed E-state index contributed by atoms with van der Waals surface area (Å²) < 4.78 is 0. The van der Waals surface area contributed by atoms with Crippen molar-refractivity contribution in [2.24, 2.45) is 0 Å². The minimum absolute atomic E-state index is 0.140. The van der Waals surface area contributed by atoms with Crippen LogP contribution in [0.5, 0.6) is 0 Å². The SMILES string of the molecule is C[C@@H](CNC(=O)c1ccccn1)N(C)c1ccccc1. The van der Waals surface area contributed by atoms with Crippen molar-refractivity contribution in [3.63, 3.8) is 0 Å². The van der Waals surface area contributed by atoms with Crippen molar-refractivity contribution in [1.29, 1.82) is 0 Å². The lowest BCUT2D eigenvalue weighted by Gasteiger charge is -2.27. The van der Waals surface area contributed by atoms with E-state index >= 15 is 0 Å². The summed E-state index contributed by atoms with van der Waals surface area (Å²) in [6, 6.07) is 15.6. The predicted molar refractivity (Wildman–Crippen MR) is 80.9 cm³/mol. The lowest BCUT2D eigenvalue weighted by atomic mass is 10.2. The molecule has 0 unspecified atom stereocenters. The first-order chi connectivity index (χ1) is 9.68. The van der Waals surface area contributed by atoms with Crippen LogP contribution in [-0.2, 0) is 0 Å². The molecule has 0 radical (unpaired) electrons. The van der Waals surface area contributed by atoms with Gasteiger partial charge in [0.2, 0.25) is 0 Å². The molecule has 4 heteroatoms. The number of aromatic nitrogens is 1. The average molecular weight is 269 g/mol. The van der Waals surface area contributed by atoms with Gasteiger partial charge in [0.15, 0.2) is 0 Å². The molecule has 1 N–H and O–H groups in total. The zero-order valence-corrected chi connectivity index (χ0v) is 11.8. The zero-order valence-electron chi connectivity index (χ0n) is 11.8. The fraction of sp³-hybridized carbons (Fsp3) is 0.250. The van der Waals surface area contributed by atoms with Gasteiger partial charge in [0.25, 0.3) is 5.91 Å². The monoisotopic (exact) mass is 269 g/mol. The van der Waals surface area contributed by atoms with Gasteiger partial charge < -0.3 is 10.2 Å². The molecule has 1 amide bonds. The van der Waals surface area contributed by atoms with Crippen molar-refractivity contribution < 1.29 is 4.79 Å². The summed E-state index contributed by atoms with van der Waals surface area (Å²) in [5.74, 6) is -0.140. The van der Waals surface area contributed by atoms with E-state index in [0.717, 1.165) is 5.69 Å². The maximum Gasteiger partial charge on any atom is 0.269 e. The van der Waals surface area contributed by atoms with E-state index in [1.54, 1.807) is 24.4 Å². The van der Waals surface area contributed by atoms with Crippen LogP contribution < -0.4 is 10.2 Å². The van der Waals surface area contributed by atoms with Crippen LogP contribution in [-0.4, -0.2) is 30.5 Å². The molecule has 0 aliphatic carbocycles. The summed E-state index contributed by atoms with van der Waals surface area (Å²) in [6.45, 7) is 2.65. The van der Waals surface area contributed by atoms with Gasteiger partial charge in [-0.3, -0.25) is 9.78 Å². The molecule has 0 fully saturated rings. The van der Waals surface area contributed by atoms with E-state index in [9.17, 15) is 4.79 Å². The van der Waals surface area contributed by atoms with Crippen molar-refractivity contribution >= 4 is 11.6 Å².